The van der Waals surface area contributed by atoms with E-state index in [-0.39, 0.29) is 6.42 Å². The Balaban J connectivity index is 1.97. The first-order chi connectivity index (χ1) is 12.8. The number of rotatable bonds is 7. The van der Waals surface area contributed by atoms with E-state index in [1.807, 2.05) is 42.5 Å². The molecule has 0 aliphatic heterocycles. The number of ether oxygens (including phenoxy) is 3. The number of hydrogen-bond donors (Lipinski definition) is 0. The van der Waals surface area contributed by atoms with Crippen LogP contribution in [-0.2, 0) is 27.4 Å². The van der Waals surface area contributed by atoms with Gasteiger partial charge in [-0.2, -0.15) is 0 Å². The molecular weight excluding hydrogens is 344 g/mol. The van der Waals surface area contributed by atoms with Gasteiger partial charge in [0.1, 0.15) is 6.61 Å². The third-order valence-electron chi connectivity index (χ3n) is 3.90. The van der Waals surface area contributed by atoms with Gasteiger partial charge in [-0.15, -0.1) is 0 Å². The highest BCUT2D eigenvalue weighted by Crippen LogP contribution is 2.29. The predicted octanol–water partition coefficient (Wildman–Crippen LogP) is 4.32. The predicted molar refractivity (Wildman–Crippen MR) is 103 cm³/mol. The zero-order chi connectivity index (χ0) is 19.9. The van der Waals surface area contributed by atoms with Crippen LogP contribution in [-0.4, -0.2) is 19.0 Å². The summed E-state index contributed by atoms with van der Waals surface area (Å²) in [5.41, 5.74) is 1.25. The molecule has 2 aromatic carbocycles. The minimum Gasteiger partial charge on any atom is -0.493 e. The molecule has 0 unspecified atom stereocenters. The first-order valence-electron chi connectivity index (χ1n) is 8.88. The van der Waals surface area contributed by atoms with Gasteiger partial charge in [-0.1, -0.05) is 36.4 Å². The summed E-state index contributed by atoms with van der Waals surface area (Å²) in [6.07, 6.45) is 0.564. The van der Waals surface area contributed by atoms with Crippen molar-refractivity contribution in [3.05, 3.63) is 59.7 Å². The van der Waals surface area contributed by atoms with E-state index in [2.05, 4.69) is 0 Å². The molecule has 2 aromatic rings. The first kappa shape index (κ1) is 20.5. The molecule has 0 fully saturated rings. The van der Waals surface area contributed by atoms with E-state index in [0.29, 0.717) is 24.5 Å². The van der Waals surface area contributed by atoms with Crippen molar-refractivity contribution in [2.24, 2.45) is 5.41 Å². The second kappa shape index (κ2) is 9.21. The molecule has 0 saturated heterocycles. The van der Waals surface area contributed by atoms with Gasteiger partial charge >= 0.3 is 11.9 Å². The van der Waals surface area contributed by atoms with Gasteiger partial charge in [0.05, 0.1) is 18.9 Å². The molecular formula is C22H26O5. The van der Waals surface area contributed by atoms with Gasteiger partial charge in [0, 0.05) is 0 Å². The van der Waals surface area contributed by atoms with Crippen LogP contribution in [0.15, 0.2) is 48.5 Å². The second-order valence-electron chi connectivity index (χ2n) is 7.27. The molecule has 0 saturated carbocycles. The van der Waals surface area contributed by atoms with Crippen LogP contribution in [0.5, 0.6) is 11.5 Å². The molecule has 144 valence electrons. The summed E-state index contributed by atoms with van der Waals surface area (Å²) in [4.78, 5) is 23.7. The molecule has 5 heteroatoms. The van der Waals surface area contributed by atoms with Crippen LogP contribution in [0.1, 0.15) is 38.3 Å². The number of carbonyl (C=O) groups is 2. The molecule has 0 aliphatic rings. The lowest BCUT2D eigenvalue weighted by Gasteiger charge is -2.15. The number of methoxy groups -OCH3 is 1. The van der Waals surface area contributed by atoms with Crippen molar-refractivity contribution in [1.82, 2.24) is 0 Å². The van der Waals surface area contributed by atoms with E-state index in [4.69, 9.17) is 14.2 Å². The summed E-state index contributed by atoms with van der Waals surface area (Å²) in [6.45, 7) is 5.55. The van der Waals surface area contributed by atoms with Gasteiger partial charge in [0.25, 0.3) is 0 Å². The van der Waals surface area contributed by atoms with Crippen molar-refractivity contribution in [2.75, 3.05) is 7.11 Å². The van der Waals surface area contributed by atoms with Gasteiger partial charge in [0.2, 0.25) is 0 Å². The molecule has 0 aliphatic carbocycles. The van der Waals surface area contributed by atoms with E-state index in [9.17, 15) is 9.59 Å². The highest BCUT2D eigenvalue weighted by atomic mass is 16.6. The van der Waals surface area contributed by atoms with Crippen LogP contribution in [0.3, 0.4) is 0 Å². The monoisotopic (exact) mass is 370 g/mol. The third kappa shape index (κ3) is 6.44. The minimum atomic E-state index is -0.700. The number of aryl methyl sites for hydroxylation is 1. The maximum absolute atomic E-state index is 11.9. The van der Waals surface area contributed by atoms with Crippen LogP contribution in [0.2, 0.25) is 0 Å². The average Bonchev–Trinajstić information content (AvgIpc) is 2.64. The smallest absolute Gasteiger partial charge is 0.318 e. The molecule has 0 aromatic heterocycles. The quantitative estimate of drug-likeness (QED) is 0.536. The second-order valence-corrected chi connectivity index (χ2v) is 7.27. The van der Waals surface area contributed by atoms with Crippen molar-refractivity contribution < 1.29 is 23.8 Å². The molecule has 2 rings (SSSR count). The summed E-state index contributed by atoms with van der Waals surface area (Å²) >= 11 is 0. The van der Waals surface area contributed by atoms with E-state index < -0.39 is 17.4 Å². The highest BCUT2D eigenvalue weighted by molar-refractivity contribution is 5.88. The summed E-state index contributed by atoms with van der Waals surface area (Å²) in [5, 5.41) is 0. The summed E-state index contributed by atoms with van der Waals surface area (Å²) in [7, 11) is 1.58. The average molecular weight is 370 g/mol. The Morgan fingerprint density at radius 1 is 0.926 bits per heavy atom. The number of carbonyl (C=O) groups excluding carboxylic acids is 2. The number of benzene rings is 2. The van der Waals surface area contributed by atoms with Crippen LogP contribution >= 0.6 is 0 Å². The van der Waals surface area contributed by atoms with Gasteiger partial charge in [-0.05, 0) is 50.5 Å². The van der Waals surface area contributed by atoms with E-state index in [0.717, 1.165) is 11.1 Å². The summed E-state index contributed by atoms with van der Waals surface area (Å²) in [5.74, 6) is 0.185. The molecule has 0 N–H and O–H groups in total. The number of esters is 2. The van der Waals surface area contributed by atoms with Gasteiger partial charge < -0.3 is 14.2 Å². The Kier molecular flexibility index (Phi) is 6.99. The zero-order valence-electron chi connectivity index (χ0n) is 16.3. The highest BCUT2D eigenvalue weighted by Gasteiger charge is 2.25. The van der Waals surface area contributed by atoms with Crippen molar-refractivity contribution in [1.29, 1.82) is 0 Å². The minimum absolute atomic E-state index is 0.117. The third-order valence-corrected chi connectivity index (χ3v) is 3.90. The number of hydrogen-bond acceptors (Lipinski definition) is 5. The molecule has 0 amide bonds. The van der Waals surface area contributed by atoms with E-state index in [1.54, 1.807) is 33.9 Å². The topological polar surface area (TPSA) is 61.8 Å². The Bertz CT molecular complexity index is 775. The van der Waals surface area contributed by atoms with Crippen LogP contribution in [0, 0.1) is 5.41 Å². The molecule has 0 bridgehead atoms. The maximum atomic E-state index is 11.9. The van der Waals surface area contributed by atoms with E-state index >= 15 is 0 Å². The van der Waals surface area contributed by atoms with Crippen molar-refractivity contribution in [3.63, 3.8) is 0 Å². The lowest BCUT2D eigenvalue weighted by Crippen LogP contribution is -2.25. The summed E-state index contributed by atoms with van der Waals surface area (Å²) in [6, 6.07) is 15.4. The first-order valence-corrected chi connectivity index (χ1v) is 8.88. The van der Waals surface area contributed by atoms with E-state index in [1.165, 1.54) is 0 Å². The molecule has 5 nitrogen and oxygen atoms in total. The van der Waals surface area contributed by atoms with Crippen LogP contribution < -0.4 is 9.47 Å². The molecule has 27 heavy (non-hydrogen) atoms. The maximum Gasteiger partial charge on any atom is 0.318 e. The fourth-order valence-electron chi connectivity index (χ4n) is 2.28. The fraction of sp³-hybridized carbons (Fsp3) is 0.364. The SMILES string of the molecule is COc1ccc(CCC(=O)OC(=O)C(C)(C)C)cc1OCc1ccccc1. The Labute approximate surface area is 160 Å². The summed E-state index contributed by atoms with van der Waals surface area (Å²) < 4.78 is 16.1. The van der Waals surface area contributed by atoms with Crippen molar-refractivity contribution >= 4 is 11.9 Å². The van der Waals surface area contributed by atoms with Gasteiger partial charge in [0.15, 0.2) is 11.5 Å². The molecule has 0 heterocycles. The van der Waals surface area contributed by atoms with Crippen molar-refractivity contribution in [3.8, 4) is 11.5 Å². The Morgan fingerprint density at radius 3 is 2.26 bits per heavy atom. The van der Waals surface area contributed by atoms with Gasteiger partial charge in [-0.3, -0.25) is 9.59 Å². The zero-order valence-corrected chi connectivity index (χ0v) is 16.3. The Morgan fingerprint density at radius 2 is 1.63 bits per heavy atom. The normalized spacial score (nSPS) is 11.0. The standard InChI is InChI=1S/C22H26O5/c1-22(2,3)21(24)27-20(23)13-11-16-10-12-18(25-4)19(14-16)26-15-17-8-6-5-7-9-17/h5-10,12,14H,11,13,15H2,1-4H3. The molecule has 0 spiro atoms. The lowest BCUT2D eigenvalue weighted by atomic mass is 9.97. The van der Waals surface area contributed by atoms with Crippen molar-refractivity contribution in [2.45, 2.75) is 40.2 Å². The van der Waals surface area contributed by atoms with Gasteiger partial charge in [-0.25, -0.2) is 0 Å². The van der Waals surface area contributed by atoms with Crippen LogP contribution in [0.25, 0.3) is 0 Å². The van der Waals surface area contributed by atoms with Crippen LogP contribution in [0.4, 0.5) is 0 Å². The molecule has 0 atom stereocenters. The fourth-order valence-corrected chi connectivity index (χ4v) is 2.28. The largest absolute Gasteiger partial charge is 0.493 e. The molecule has 0 radical (unpaired) electrons. The Hall–Kier alpha value is -2.82. The lowest BCUT2D eigenvalue weighted by molar-refractivity contribution is -0.165.